The predicted molar refractivity (Wildman–Crippen MR) is 132 cm³/mol. The van der Waals surface area contributed by atoms with Gasteiger partial charge in [0.05, 0.1) is 11.7 Å². The molecule has 0 fully saturated rings. The first kappa shape index (κ1) is 26.2. The van der Waals surface area contributed by atoms with Crippen LogP contribution in [0.2, 0.25) is 0 Å². The van der Waals surface area contributed by atoms with E-state index in [9.17, 15) is 19.5 Å². The number of fused-ring (bicyclic) bond motifs is 3. The van der Waals surface area contributed by atoms with Crippen LogP contribution < -0.4 is 10.6 Å². The maximum Gasteiger partial charge on any atom is 0.407 e. The third kappa shape index (κ3) is 6.39. The molecule has 2 aromatic rings. The maximum absolute atomic E-state index is 12.8. The van der Waals surface area contributed by atoms with Crippen LogP contribution in [0.25, 0.3) is 11.1 Å². The average molecular weight is 483 g/mol. The minimum absolute atomic E-state index is 0.103. The average Bonchev–Trinajstić information content (AvgIpc) is 3.11. The van der Waals surface area contributed by atoms with Crippen LogP contribution in [0.4, 0.5) is 4.79 Å². The second kappa shape index (κ2) is 10.9. The monoisotopic (exact) mass is 482 g/mol. The van der Waals surface area contributed by atoms with Crippen LogP contribution in [0.5, 0.6) is 0 Å². The highest BCUT2D eigenvalue weighted by Gasteiger charge is 2.33. The highest BCUT2D eigenvalue weighted by Crippen LogP contribution is 2.44. The number of hydrogen-bond acceptors (Lipinski definition) is 5. The van der Waals surface area contributed by atoms with E-state index in [0.717, 1.165) is 22.3 Å². The molecule has 1 aliphatic carbocycles. The number of carboxylic acids is 1. The molecular weight excluding hydrogens is 448 g/mol. The first-order valence-corrected chi connectivity index (χ1v) is 11.8. The first-order chi connectivity index (χ1) is 16.5. The molecule has 2 aromatic carbocycles. The number of benzene rings is 2. The predicted octanol–water partition coefficient (Wildman–Crippen LogP) is 4.08. The second-order valence-electron chi connectivity index (χ2n) is 9.69. The second-order valence-corrected chi connectivity index (χ2v) is 9.69. The van der Waals surface area contributed by atoms with Crippen molar-refractivity contribution in [2.45, 2.75) is 70.7 Å². The van der Waals surface area contributed by atoms with E-state index in [2.05, 4.69) is 22.8 Å². The number of carbonyl (C=O) groups excluding carboxylic acids is 2. The molecule has 3 N–H and O–H groups in total. The zero-order valence-electron chi connectivity index (χ0n) is 20.8. The van der Waals surface area contributed by atoms with E-state index in [1.54, 1.807) is 34.6 Å². The number of alkyl carbamates (subject to hydrolysis) is 1. The number of ether oxygens (including phenoxy) is 2. The summed E-state index contributed by atoms with van der Waals surface area (Å²) in [5, 5.41) is 14.6. The Labute approximate surface area is 206 Å². The summed E-state index contributed by atoms with van der Waals surface area (Å²) in [6.07, 6.45) is -1.25. The molecule has 2 amide bonds. The minimum atomic E-state index is -1.26. The van der Waals surface area contributed by atoms with Crippen molar-refractivity contribution < 1.29 is 29.0 Å². The largest absolute Gasteiger partial charge is 0.480 e. The van der Waals surface area contributed by atoms with Crippen molar-refractivity contribution in [1.29, 1.82) is 0 Å². The van der Waals surface area contributed by atoms with Crippen molar-refractivity contribution in [2.24, 2.45) is 0 Å². The summed E-state index contributed by atoms with van der Waals surface area (Å²) >= 11 is 0. The molecule has 0 bridgehead atoms. The molecular formula is C27H34N2O6. The summed E-state index contributed by atoms with van der Waals surface area (Å²) in [4.78, 5) is 37.1. The van der Waals surface area contributed by atoms with Crippen molar-refractivity contribution in [3.63, 3.8) is 0 Å². The molecule has 188 valence electrons. The lowest BCUT2D eigenvalue weighted by molar-refractivity contribution is -0.150. The van der Waals surface area contributed by atoms with Gasteiger partial charge < -0.3 is 25.2 Å². The van der Waals surface area contributed by atoms with E-state index in [-0.39, 0.29) is 18.9 Å². The lowest BCUT2D eigenvalue weighted by atomic mass is 9.98. The SMILES string of the molecule is CC[C@@H](NC(=O)OCC1c2ccccc2-c2ccccc21)C(=O)N[C@H](C(=O)O)[C@@H](C)OC(C)(C)C. The normalized spacial score (nSPS) is 15.3. The van der Waals surface area contributed by atoms with Gasteiger partial charge in [0, 0.05) is 5.92 Å². The molecule has 0 unspecified atom stereocenters. The van der Waals surface area contributed by atoms with Crippen molar-refractivity contribution in [1.82, 2.24) is 10.6 Å². The van der Waals surface area contributed by atoms with Crippen molar-refractivity contribution in [3.8, 4) is 11.1 Å². The molecule has 1 aliphatic rings. The van der Waals surface area contributed by atoms with Gasteiger partial charge in [-0.2, -0.15) is 0 Å². The van der Waals surface area contributed by atoms with Crippen LogP contribution >= 0.6 is 0 Å². The van der Waals surface area contributed by atoms with E-state index in [4.69, 9.17) is 9.47 Å². The number of aliphatic carboxylic acids is 1. The molecule has 0 radical (unpaired) electrons. The summed E-state index contributed by atoms with van der Waals surface area (Å²) in [5.74, 6) is -1.93. The van der Waals surface area contributed by atoms with E-state index >= 15 is 0 Å². The fourth-order valence-electron chi connectivity index (χ4n) is 4.39. The molecule has 8 heteroatoms. The fraction of sp³-hybridized carbons (Fsp3) is 0.444. The van der Waals surface area contributed by atoms with Crippen molar-refractivity contribution in [2.75, 3.05) is 6.61 Å². The molecule has 0 aromatic heterocycles. The van der Waals surface area contributed by atoms with Crippen molar-refractivity contribution >= 4 is 18.0 Å². The Hall–Kier alpha value is -3.39. The van der Waals surface area contributed by atoms with Gasteiger partial charge in [-0.25, -0.2) is 9.59 Å². The first-order valence-electron chi connectivity index (χ1n) is 11.8. The zero-order valence-corrected chi connectivity index (χ0v) is 20.8. The van der Waals surface area contributed by atoms with Crippen LogP contribution in [0.1, 0.15) is 58.1 Å². The van der Waals surface area contributed by atoms with Gasteiger partial charge in [0.25, 0.3) is 0 Å². The summed E-state index contributed by atoms with van der Waals surface area (Å²) in [5.41, 5.74) is 3.83. The Balaban J connectivity index is 1.62. The quantitative estimate of drug-likeness (QED) is 0.496. The fourth-order valence-corrected chi connectivity index (χ4v) is 4.39. The van der Waals surface area contributed by atoms with E-state index in [0.29, 0.717) is 0 Å². The molecule has 0 saturated heterocycles. The molecule has 3 rings (SSSR count). The van der Waals surface area contributed by atoms with Crippen LogP contribution in [-0.4, -0.2) is 53.5 Å². The van der Waals surface area contributed by atoms with Gasteiger partial charge in [0.15, 0.2) is 6.04 Å². The van der Waals surface area contributed by atoms with Crippen LogP contribution in [0.3, 0.4) is 0 Å². The van der Waals surface area contributed by atoms with Gasteiger partial charge in [-0.3, -0.25) is 4.79 Å². The molecule has 3 atom stereocenters. The van der Waals surface area contributed by atoms with Crippen LogP contribution in [0, 0.1) is 0 Å². The Morgan fingerprint density at radius 2 is 1.51 bits per heavy atom. The van der Waals surface area contributed by atoms with Crippen LogP contribution in [0.15, 0.2) is 48.5 Å². The molecule has 0 heterocycles. The smallest absolute Gasteiger partial charge is 0.407 e. The number of carboxylic acid groups (broad SMARTS) is 1. The number of carbonyl (C=O) groups is 3. The summed E-state index contributed by atoms with van der Waals surface area (Å²) < 4.78 is 11.2. The summed E-state index contributed by atoms with van der Waals surface area (Å²) in [7, 11) is 0. The summed E-state index contributed by atoms with van der Waals surface area (Å²) in [6, 6.07) is 13.8. The van der Waals surface area contributed by atoms with E-state index in [1.807, 2.05) is 36.4 Å². The lowest BCUT2D eigenvalue weighted by Gasteiger charge is -2.30. The van der Waals surface area contributed by atoms with Gasteiger partial charge in [0.2, 0.25) is 5.91 Å². The van der Waals surface area contributed by atoms with Gasteiger partial charge in [0.1, 0.15) is 12.6 Å². The van der Waals surface area contributed by atoms with Gasteiger partial charge >= 0.3 is 12.1 Å². The number of amides is 2. The van der Waals surface area contributed by atoms with Crippen LogP contribution in [-0.2, 0) is 19.1 Å². The number of rotatable bonds is 9. The lowest BCUT2D eigenvalue weighted by Crippen LogP contribution is -2.55. The third-order valence-electron chi connectivity index (χ3n) is 5.93. The molecule has 35 heavy (non-hydrogen) atoms. The highest BCUT2D eigenvalue weighted by molar-refractivity contribution is 5.89. The Bertz CT molecular complexity index is 1030. The Morgan fingerprint density at radius 3 is 2.00 bits per heavy atom. The third-order valence-corrected chi connectivity index (χ3v) is 5.93. The summed E-state index contributed by atoms with van der Waals surface area (Å²) in [6.45, 7) is 8.84. The Morgan fingerprint density at radius 1 is 0.971 bits per heavy atom. The molecule has 0 saturated carbocycles. The maximum atomic E-state index is 12.8. The van der Waals surface area contributed by atoms with Crippen molar-refractivity contribution in [3.05, 3.63) is 59.7 Å². The standard InChI is InChI=1S/C27H34N2O6/c1-6-22(24(30)29-23(25(31)32)16(2)35-27(3,4)5)28-26(33)34-15-21-19-13-9-7-11-17(19)18-12-8-10-14-20(18)21/h7-14,16,21-23H,6,15H2,1-5H3,(H,28,33)(H,29,30)(H,31,32)/t16-,22-,23+/m1/s1. The van der Waals surface area contributed by atoms with Gasteiger partial charge in [-0.05, 0) is 56.4 Å². The minimum Gasteiger partial charge on any atom is -0.480 e. The molecule has 0 aliphatic heterocycles. The number of nitrogens with one attached hydrogen (secondary N) is 2. The van der Waals surface area contributed by atoms with E-state index in [1.165, 1.54) is 0 Å². The topological polar surface area (TPSA) is 114 Å². The molecule has 0 spiro atoms. The molecule has 8 nitrogen and oxygen atoms in total. The highest BCUT2D eigenvalue weighted by atomic mass is 16.5. The number of hydrogen-bond donors (Lipinski definition) is 3. The van der Waals surface area contributed by atoms with Gasteiger partial charge in [-0.15, -0.1) is 0 Å². The Kier molecular flexibility index (Phi) is 8.17. The van der Waals surface area contributed by atoms with E-state index < -0.39 is 41.8 Å². The zero-order chi connectivity index (χ0) is 25.8. The van der Waals surface area contributed by atoms with Gasteiger partial charge in [-0.1, -0.05) is 55.5 Å².